The van der Waals surface area contributed by atoms with Crippen molar-refractivity contribution in [3.8, 4) is 5.75 Å². The molecular weight excluding hydrogens is 236 g/mol. The van der Waals surface area contributed by atoms with Crippen molar-refractivity contribution in [2.45, 2.75) is 13.0 Å². The summed E-state index contributed by atoms with van der Waals surface area (Å²) in [5.74, 6) is -0.228. The van der Waals surface area contributed by atoms with Gasteiger partial charge in [0.1, 0.15) is 5.75 Å². The number of hydrogen-bond donors (Lipinski definition) is 0. The maximum Gasteiger partial charge on any atom is 0.387 e. The van der Waals surface area contributed by atoms with Crippen LogP contribution < -0.4 is 4.74 Å². The van der Waals surface area contributed by atoms with Crippen LogP contribution in [0.5, 0.6) is 5.75 Å². The summed E-state index contributed by atoms with van der Waals surface area (Å²) in [5, 5.41) is 0.832. The van der Waals surface area contributed by atoms with Gasteiger partial charge in [0.15, 0.2) is 0 Å². The van der Waals surface area contributed by atoms with Gasteiger partial charge < -0.3 is 4.74 Å². The number of fused-ring (bicyclic) bond motifs is 1. The molecule has 0 aliphatic rings. The Morgan fingerprint density at radius 3 is 2.29 bits per heavy atom. The lowest BCUT2D eigenvalue weighted by atomic mass is 10.1. The van der Waals surface area contributed by atoms with Crippen LogP contribution in [0.1, 0.15) is 12.0 Å². The molecule has 0 heterocycles. The summed E-state index contributed by atoms with van der Waals surface area (Å²) in [6.45, 7) is -3.04. The molecule has 5 heteroatoms. The van der Waals surface area contributed by atoms with Gasteiger partial charge in [0.05, 0.1) is 0 Å². The second-order valence-corrected chi connectivity index (χ2v) is 3.42. The molecule has 0 radical (unpaired) electrons. The van der Waals surface area contributed by atoms with E-state index < -0.39 is 13.0 Å². The first-order chi connectivity index (χ1) is 8.08. The fourth-order valence-corrected chi connectivity index (χ4v) is 1.62. The van der Waals surface area contributed by atoms with Crippen LogP contribution in [0.2, 0.25) is 0 Å². The number of rotatable bonds is 3. The highest BCUT2D eigenvalue weighted by Gasteiger charge is 2.14. The summed E-state index contributed by atoms with van der Waals surface area (Å²) in [6, 6.07) is 8.59. The zero-order valence-corrected chi connectivity index (χ0v) is 8.54. The Balaban J connectivity index is 2.60. The quantitative estimate of drug-likeness (QED) is 0.728. The standard InChI is InChI=1S/C12H8F4O/c13-11(14)8-5-7-3-1-2-4-9(7)10(6-8)17-12(15)16/h1-6,11-12H. The predicted octanol–water partition coefficient (Wildman–Crippen LogP) is 4.38. The van der Waals surface area contributed by atoms with Gasteiger partial charge in [0.25, 0.3) is 6.43 Å². The summed E-state index contributed by atoms with van der Waals surface area (Å²) in [6.07, 6.45) is -2.72. The van der Waals surface area contributed by atoms with Crippen molar-refractivity contribution < 1.29 is 22.3 Å². The Morgan fingerprint density at radius 1 is 0.941 bits per heavy atom. The number of hydrogen-bond acceptors (Lipinski definition) is 1. The smallest absolute Gasteiger partial charge is 0.387 e. The lowest BCUT2D eigenvalue weighted by molar-refractivity contribution is -0.0489. The summed E-state index contributed by atoms with van der Waals surface area (Å²) < 4.78 is 53.7. The van der Waals surface area contributed by atoms with Gasteiger partial charge in [-0.25, -0.2) is 8.78 Å². The minimum absolute atomic E-state index is 0.228. The molecule has 2 aromatic carbocycles. The first kappa shape index (κ1) is 11.7. The second kappa shape index (κ2) is 4.61. The molecular formula is C12H8F4O. The van der Waals surface area contributed by atoms with Crippen LogP contribution in [0.3, 0.4) is 0 Å². The minimum atomic E-state index is -3.04. The van der Waals surface area contributed by atoms with Crippen LogP contribution in [0, 0.1) is 0 Å². The molecule has 0 spiro atoms. The van der Waals surface area contributed by atoms with E-state index in [1.165, 1.54) is 6.07 Å². The van der Waals surface area contributed by atoms with E-state index >= 15 is 0 Å². The Morgan fingerprint density at radius 2 is 1.65 bits per heavy atom. The molecule has 0 N–H and O–H groups in total. The van der Waals surface area contributed by atoms with E-state index in [1.807, 2.05) is 0 Å². The second-order valence-electron chi connectivity index (χ2n) is 3.42. The average molecular weight is 244 g/mol. The molecule has 0 aliphatic carbocycles. The predicted molar refractivity (Wildman–Crippen MR) is 55.5 cm³/mol. The zero-order chi connectivity index (χ0) is 12.4. The molecule has 2 rings (SSSR count). The first-order valence-electron chi connectivity index (χ1n) is 4.83. The van der Waals surface area contributed by atoms with E-state index in [0.29, 0.717) is 10.8 Å². The molecule has 0 saturated carbocycles. The molecule has 0 bridgehead atoms. The largest absolute Gasteiger partial charge is 0.434 e. The molecule has 0 aliphatic heterocycles. The summed E-state index contributed by atoms with van der Waals surface area (Å²) in [7, 11) is 0. The molecule has 0 fully saturated rings. The molecule has 2 aromatic rings. The van der Waals surface area contributed by atoms with Gasteiger partial charge >= 0.3 is 6.61 Å². The van der Waals surface area contributed by atoms with Gasteiger partial charge in [0.2, 0.25) is 0 Å². The molecule has 17 heavy (non-hydrogen) atoms. The zero-order valence-electron chi connectivity index (χ0n) is 8.54. The third-order valence-electron chi connectivity index (χ3n) is 2.31. The van der Waals surface area contributed by atoms with Crippen LogP contribution in [0.15, 0.2) is 36.4 Å². The van der Waals surface area contributed by atoms with Crippen LogP contribution in [-0.2, 0) is 0 Å². The Hall–Kier alpha value is -1.78. The molecule has 0 unspecified atom stereocenters. The van der Waals surface area contributed by atoms with Gasteiger partial charge in [-0.15, -0.1) is 0 Å². The Kier molecular flexibility index (Phi) is 3.17. The fourth-order valence-electron chi connectivity index (χ4n) is 1.62. The van der Waals surface area contributed by atoms with Crippen molar-refractivity contribution >= 4 is 10.8 Å². The number of benzene rings is 2. The Bertz CT molecular complexity index is 525. The van der Waals surface area contributed by atoms with E-state index in [4.69, 9.17) is 0 Å². The summed E-state index contributed by atoms with van der Waals surface area (Å²) in [5.41, 5.74) is -0.334. The molecule has 90 valence electrons. The van der Waals surface area contributed by atoms with Gasteiger partial charge in [-0.3, -0.25) is 0 Å². The van der Waals surface area contributed by atoms with Crippen molar-refractivity contribution in [2.24, 2.45) is 0 Å². The molecule has 0 saturated heterocycles. The number of alkyl halides is 4. The van der Waals surface area contributed by atoms with Gasteiger partial charge in [-0.05, 0) is 17.5 Å². The molecule has 0 atom stereocenters. The monoisotopic (exact) mass is 244 g/mol. The Labute approximate surface area is 94.6 Å². The highest BCUT2D eigenvalue weighted by atomic mass is 19.3. The van der Waals surface area contributed by atoms with E-state index in [0.717, 1.165) is 6.07 Å². The average Bonchev–Trinajstić information content (AvgIpc) is 2.28. The van der Waals surface area contributed by atoms with E-state index in [2.05, 4.69) is 4.74 Å². The maximum absolute atomic E-state index is 12.6. The van der Waals surface area contributed by atoms with Gasteiger partial charge in [-0.1, -0.05) is 24.3 Å². The first-order valence-corrected chi connectivity index (χ1v) is 4.83. The van der Waals surface area contributed by atoms with Crippen molar-refractivity contribution in [3.63, 3.8) is 0 Å². The van der Waals surface area contributed by atoms with Crippen LogP contribution in [0.4, 0.5) is 17.6 Å². The maximum atomic E-state index is 12.6. The third kappa shape index (κ3) is 2.49. The lowest BCUT2D eigenvalue weighted by Crippen LogP contribution is -2.03. The molecule has 0 aromatic heterocycles. The lowest BCUT2D eigenvalue weighted by Gasteiger charge is -2.10. The van der Waals surface area contributed by atoms with Crippen LogP contribution in [-0.4, -0.2) is 6.61 Å². The van der Waals surface area contributed by atoms with Crippen LogP contribution >= 0.6 is 0 Å². The van der Waals surface area contributed by atoms with Crippen molar-refractivity contribution in [2.75, 3.05) is 0 Å². The van der Waals surface area contributed by atoms with Crippen molar-refractivity contribution in [3.05, 3.63) is 42.0 Å². The van der Waals surface area contributed by atoms with Crippen LogP contribution in [0.25, 0.3) is 10.8 Å². The highest BCUT2D eigenvalue weighted by molar-refractivity contribution is 5.89. The van der Waals surface area contributed by atoms with Gasteiger partial charge in [0, 0.05) is 10.9 Å². The summed E-state index contributed by atoms with van der Waals surface area (Å²) >= 11 is 0. The number of ether oxygens (including phenoxy) is 1. The summed E-state index contributed by atoms with van der Waals surface area (Å²) in [4.78, 5) is 0. The third-order valence-corrected chi connectivity index (χ3v) is 2.31. The van der Waals surface area contributed by atoms with E-state index in [-0.39, 0.29) is 11.3 Å². The minimum Gasteiger partial charge on any atom is -0.434 e. The normalized spacial score (nSPS) is 11.4. The van der Waals surface area contributed by atoms with E-state index in [9.17, 15) is 17.6 Å². The van der Waals surface area contributed by atoms with Gasteiger partial charge in [-0.2, -0.15) is 8.78 Å². The molecule has 1 nitrogen and oxygen atoms in total. The SMILES string of the molecule is FC(F)Oc1cc(C(F)F)cc2ccccc12. The topological polar surface area (TPSA) is 9.23 Å². The highest BCUT2D eigenvalue weighted by Crippen LogP contribution is 2.32. The van der Waals surface area contributed by atoms with E-state index in [1.54, 1.807) is 24.3 Å². The van der Waals surface area contributed by atoms with Crippen molar-refractivity contribution in [1.82, 2.24) is 0 Å². The van der Waals surface area contributed by atoms with Crippen molar-refractivity contribution in [1.29, 1.82) is 0 Å². The number of halogens is 4. The molecule has 0 amide bonds. The fraction of sp³-hybridized carbons (Fsp3) is 0.167.